The van der Waals surface area contributed by atoms with Gasteiger partial charge in [-0.1, -0.05) is 12.1 Å². The van der Waals surface area contributed by atoms with Crippen LogP contribution in [0.5, 0.6) is 0 Å². The summed E-state index contributed by atoms with van der Waals surface area (Å²) in [6, 6.07) is 9.62. The minimum absolute atomic E-state index is 0.0851. The predicted molar refractivity (Wildman–Crippen MR) is 105 cm³/mol. The van der Waals surface area contributed by atoms with E-state index in [1.165, 1.54) is 41.3 Å². The molecule has 29 heavy (non-hydrogen) atoms. The molecule has 1 heterocycles. The van der Waals surface area contributed by atoms with Crippen LogP contribution in [0.4, 0.5) is 8.78 Å². The zero-order valence-electron chi connectivity index (χ0n) is 16.2. The number of Topliss-reactive ketones (excluding diaryl/α,β-unsaturated/α-hetero) is 1. The molecule has 2 aromatic carbocycles. The van der Waals surface area contributed by atoms with Crippen molar-refractivity contribution in [3.8, 4) is 0 Å². The Bertz CT molecular complexity index is 938. The van der Waals surface area contributed by atoms with Crippen molar-refractivity contribution in [1.29, 1.82) is 0 Å². The number of aliphatic hydroxyl groups excluding tert-OH is 1. The van der Waals surface area contributed by atoms with Crippen molar-refractivity contribution in [3.05, 3.63) is 76.9 Å². The summed E-state index contributed by atoms with van der Waals surface area (Å²) >= 11 is 0. The Hall–Kier alpha value is -3.06. The van der Waals surface area contributed by atoms with Crippen LogP contribution in [0.3, 0.4) is 0 Å². The number of hydrogen-bond donors (Lipinski definition) is 1. The lowest BCUT2D eigenvalue weighted by Crippen LogP contribution is -2.32. The molecular formula is C22H22F2N2O3. The molecule has 0 saturated carbocycles. The van der Waals surface area contributed by atoms with E-state index in [0.29, 0.717) is 25.1 Å². The molecule has 1 N–H and O–H groups in total. The highest BCUT2D eigenvalue weighted by atomic mass is 19.1. The lowest BCUT2D eigenvalue weighted by atomic mass is 9.95. The van der Waals surface area contributed by atoms with Crippen LogP contribution in [-0.4, -0.2) is 53.8 Å². The Morgan fingerprint density at radius 2 is 1.55 bits per heavy atom. The zero-order valence-corrected chi connectivity index (χ0v) is 16.2. The Balaban J connectivity index is 2.07. The molecule has 0 aromatic heterocycles. The highest BCUT2D eigenvalue weighted by Gasteiger charge is 2.45. The molecule has 2 aromatic rings. The van der Waals surface area contributed by atoms with E-state index in [4.69, 9.17) is 0 Å². The minimum Gasteiger partial charge on any atom is -0.507 e. The lowest BCUT2D eigenvalue weighted by molar-refractivity contribution is -0.139. The summed E-state index contributed by atoms with van der Waals surface area (Å²) < 4.78 is 26.7. The van der Waals surface area contributed by atoms with Gasteiger partial charge in [0.15, 0.2) is 0 Å². The quantitative estimate of drug-likeness (QED) is 0.459. The number of rotatable bonds is 6. The second-order valence-corrected chi connectivity index (χ2v) is 7.21. The number of likely N-dealkylation sites (tertiary alicyclic amines) is 1. The molecule has 1 amide bonds. The smallest absolute Gasteiger partial charge is 0.295 e. The van der Waals surface area contributed by atoms with E-state index in [0.717, 1.165) is 12.1 Å². The van der Waals surface area contributed by atoms with E-state index >= 15 is 0 Å². The van der Waals surface area contributed by atoms with E-state index in [1.54, 1.807) is 0 Å². The Morgan fingerprint density at radius 1 is 1.00 bits per heavy atom. The highest BCUT2D eigenvalue weighted by Crippen LogP contribution is 2.39. The van der Waals surface area contributed by atoms with Crippen LogP contribution >= 0.6 is 0 Å². The van der Waals surface area contributed by atoms with Gasteiger partial charge < -0.3 is 14.9 Å². The van der Waals surface area contributed by atoms with Gasteiger partial charge in [0.25, 0.3) is 11.7 Å². The standard InChI is InChI=1S/C22H22F2N2O3/c1-25(2)12-3-13-26-19(14-4-8-16(23)9-5-14)18(21(28)22(26)29)20(27)15-6-10-17(24)11-7-15/h4-11,19,27H,3,12-13H2,1-2H3/t19-/m0/s1. The zero-order chi connectivity index (χ0) is 21.1. The number of aliphatic hydroxyl groups is 1. The van der Waals surface area contributed by atoms with Gasteiger partial charge in [0, 0.05) is 12.1 Å². The summed E-state index contributed by atoms with van der Waals surface area (Å²) in [6.07, 6.45) is 0.619. The van der Waals surface area contributed by atoms with Gasteiger partial charge in [-0.05, 0) is 69.0 Å². The van der Waals surface area contributed by atoms with Crippen LogP contribution in [0, 0.1) is 11.6 Å². The first-order chi connectivity index (χ1) is 13.8. The Kier molecular flexibility index (Phi) is 6.08. The van der Waals surface area contributed by atoms with Crippen LogP contribution < -0.4 is 0 Å². The number of amides is 1. The fourth-order valence-corrected chi connectivity index (χ4v) is 3.42. The maximum Gasteiger partial charge on any atom is 0.295 e. The molecule has 0 bridgehead atoms. The van der Waals surface area contributed by atoms with Gasteiger partial charge >= 0.3 is 0 Å². The maximum atomic E-state index is 13.4. The van der Waals surface area contributed by atoms with Crippen LogP contribution in [0.25, 0.3) is 5.76 Å². The fourth-order valence-electron chi connectivity index (χ4n) is 3.42. The molecule has 0 spiro atoms. The Morgan fingerprint density at radius 3 is 2.10 bits per heavy atom. The summed E-state index contributed by atoms with van der Waals surface area (Å²) in [5, 5.41) is 10.8. The molecule has 0 aliphatic carbocycles. The predicted octanol–water partition coefficient (Wildman–Crippen LogP) is 3.34. The second-order valence-electron chi connectivity index (χ2n) is 7.21. The van der Waals surface area contributed by atoms with Gasteiger partial charge in [-0.2, -0.15) is 0 Å². The van der Waals surface area contributed by atoms with Crippen molar-refractivity contribution in [2.45, 2.75) is 12.5 Å². The number of carbonyl (C=O) groups is 2. The van der Waals surface area contributed by atoms with Crippen molar-refractivity contribution < 1.29 is 23.5 Å². The van der Waals surface area contributed by atoms with E-state index in [2.05, 4.69) is 0 Å². The third kappa shape index (κ3) is 4.35. The summed E-state index contributed by atoms with van der Waals surface area (Å²) in [5.41, 5.74) is 0.655. The van der Waals surface area contributed by atoms with Gasteiger partial charge in [-0.15, -0.1) is 0 Å². The third-order valence-electron chi connectivity index (χ3n) is 4.85. The largest absolute Gasteiger partial charge is 0.507 e. The molecular weight excluding hydrogens is 378 g/mol. The second kappa shape index (κ2) is 8.53. The molecule has 7 heteroatoms. The molecule has 0 unspecified atom stereocenters. The number of benzene rings is 2. The summed E-state index contributed by atoms with van der Waals surface area (Å²) in [4.78, 5) is 28.9. The van der Waals surface area contributed by atoms with Crippen LogP contribution in [0.1, 0.15) is 23.6 Å². The van der Waals surface area contributed by atoms with Crippen molar-refractivity contribution in [2.75, 3.05) is 27.2 Å². The maximum absolute atomic E-state index is 13.4. The minimum atomic E-state index is -0.845. The summed E-state index contributed by atoms with van der Waals surface area (Å²) in [7, 11) is 3.81. The SMILES string of the molecule is CN(C)CCCN1C(=O)C(=O)C(=C(O)c2ccc(F)cc2)[C@@H]1c1ccc(F)cc1. The summed E-state index contributed by atoms with van der Waals surface area (Å²) in [6.45, 7) is 1.00. The molecule has 1 fully saturated rings. The van der Waals surface area contributed by atoms with E-state index < -0.39 is 29.4 Å². The van der Waals surface area contributed by atoms with Crippen LogP contribution in [-0.2, 0) is 9.59 Å². The van der Waals surface area contributed by atoms with Gasteiger partial charge in [0.2, 0.25) is 0 Å². The molecule has 5 nitrogen and oxygen atoms in total. The average molecular weight is 400 g/mol. The normalized spacial score (nSPS) is 18.7. The molecule has 1 aliphatic heterocycles. The van der Waals surface area contributed by atoms with Gasteiger partial charge in [0.1, 0.15) is 17.4 Å². The van der Waals surface area contributed by atoms with Crippen molar-refractivity contribution in [1.82, 2.24) is 9.80 Å². The number of ketones is 1. The average Bonchev–Trinajstić information content (AvgIpc) is 2.93. The highest BCUT2D eigenvalue weighted by molar-refractivity contribution is 6.46. The van der Waals surface area contributed by atoms with E-state index in [-0.39, 0.29) is 16.9 Å². The van der Waals surface area contributed by atoms with E-state index in [9.17, 15) is 23.5 Å². The fraction of sp³-hybridized carbons (Fsp3) is 0.273. The Labute approximate surface area is 167 Å². The van der Waals surface area contributed by atoms with E-state index in [1.807, 2.05) is 19.0 Å². The monoisotopic (exact) mass is 400 g/mol. The van der Waals surface area contributed by atoms with Crippen molar-refractivity contribution >= 4 is 17.4 Å². The topological polar surface area (TPSA) is 60.9 Å². The molecule has 1 atom stereocenters. The number of hydrogen-bond acceptors (Lipinski definition) is 4. The first-order valence-corrected chi connectivity index (χ1v) is 9.24. The van der Waals surface area contributed by atoms with Crippen molar-refractivity contribution in [3.63, 3.8) is 0 Å². The molecule has 1 saturated heterocycles. The van der Waals surface area contributed by atoms with Crippen LogP contribution in [0.2, 0.25) is 0 Å². The number of halogens is 2. The third-order valence-corrected chi connectivity index (χ3v) is 4.85. The molecule has 152 valence electrons. The first kappa shape index (κ1) is 20.7. The summed E-state index contributed by atoms with van der Waals surface area (Å²) in [5.74, 6) is -2.85. The van der Waals surface area contributed by atoms with Gasteiger partial charge in [-0.25, -0.2) is 8.78 Å². The number of carbonyl (C=O) groups excluding carboxylic acids is 2. The number of nitrogens with zero attached hydrogens (tertiary/aromatic N) is 2. The van der Waals surface area contributed by atoms with Gasteiger partial charge in [0.05, 0.1) is 11.6 Å². The van der Waals surface area contributed by atoms with Crippen LogP contribution in [0.15, 0.2) is 54.1 Å². The van der Waals surface area contributed by atoms with Crippen molar-refractivity contribution in [2.24, 2.45) is 0 Å². The lowest BCUT2D eigenvalue weighted by Gasteiger charge is -2.26. The molecule has 1 aliphatic rings. The molecule has 0 radical (unpaired) electrons. The first-order valence-electron chi connectivity index (χ1n) is 9.24. The van der Waals surface area contributed by atoms with Gasteiger partial charge in [-0.3, -0.25) is 9.59 Å². The molecule has 3 rings (SSSR count).